The number of H-pyrrole nitrogens is 1. The van der Waals surface area contributed by atoms with Crippen LogP contribution >= 0.6 is 22.6 Å². The predicted octanol–water partition coefficient (Wildman–Crippen LogP) is 2.86. The first-order chi connectivity index (χ1) is 8.15. The van der Waals surface area contributed by atoms with Crippen LogP contribution in [0.15, 0.2) is 12.4 Å². The van der Waals surface area contributed by atoms with E-state index in [0.29, 0.717) is 23.4 Å². The van der Waals surface area contributed by atoms with Crippen molar-refractivity contribution in [2.75, 3.05) is 6.61 Å². The molecule has 0 spiro atoms. The zero-order chi connectivity index (χ0) is 12.4. The van der Waals surface area contributed by atoms with Crippen LogP contribution < -0.4 is 4.74 Å². The minimum Gasteiger partial charge on any atom is -0.486 e. The van der Waals surface area contributed by atoms with E-state index >= 15 is 0 Å². The van der Waals surface area contributed by atoms with E-state index in [1.165, 1.54) is 6.20 Å². The van der Waals surface area contributed by atoms with Gasteiger partial charge in [-0.3, -0.25) is 10.1 Å². The van der Waals surface area contributed by atoms with Gasteiger partial charge in [0.25, 0.3) is 0 Å². The Kier molecular flexibility index (Phi) is 3.46. The van der Waals surface area contributed by atoms with Crippen LogP contribution in [0.2, 0.25) is 0 Å². The van der Waals surface area contributed by atoms with Gasteiger partial charge in [0, 0.05) is 9.77 Å². The lowest BCUT2D eigenvalue weighted by molar-refractivity contribution is -0.386. The summed E-state index contributed by atoms with van der Waals surface area (Å²) in [5.41, 5.74) is 0.509. The second kappa shape index (κ2) is 4.86. The first-order valence-corrected chi connectivity index (χ1v) is 6.15. The van der Waals surface area contributed by atoms with Gasteiger partial charge >= 0.3 is 5.69 Å². The zero-order valence-electron chi connectivity index (χ0n) is 9.07. The number of rotatable bonds is 4. The van der Waals surface area contributed by atoms with Gasteiger partial charge in [0.05, 0.1) is 16.9 Å². The Hall–Kier alpha value is -1.38. The van der Waals surface area contributed by atoms with E-state index in [1.54, 1.807) is 6.20 Å². The molecule has 0 aliphatic rings. The first-order valence-electron chi connectivity index (χ1n) is 5.08. The third-order valence-electron chi connectivity index (χ3n) is 2.23. The molecule has 0 radical (unpaired) electrons. The van der Waals surface area contributed by atoms with Crippen LogP contribution in [0.4, 0.5) is 5.69 Å². The third-order valence-corrected chi connectivity index (χ3v) is 3.08. The molecule has 90 valence electrons. The summed E-state index contributed by atoms with van der Waals surface area (Å²) in [6.45, 7) is 2.40. The lowest BCUT2D eigenvalue weighted by Crippen LogP contribution is -2.01. The number of nitro groups is 1. The van der Waals surface area contributed by atoms with Gasteiger partial charge in [-0.2, -0.15) is 0 Å². The number of fused-ring (bicyclic) bond motifs is 1. The van der Waals surface area contributed by atoms with Crippen molar-refractivity contribution < 1.29 is 9.66 Å². The van der Waals surface area contributed by atoms with Crippen molar-refractivity contribution in [3.8, 4) is 5.75 Å². The molecular formula is C10H10IN3O3. The van der Waals surface area contributed by atoms with Crippen molar-refractivity contribution in [1.82, 2.24) is 9.97 Å². The van der Waals surface area contributed by atoms with E-state index in [1.807, 2.05) is 6.92 Å². The highest BCUT2D eigenvalue weighted by Gasteiger charge is 2.22. The van der Waals surface area contributed by atoms with E-state index in [4.69, 9.17) is 4.74 Å². The number of hydrogen-bond donors (Lipinski definition) is 1. The molecular weight excluding hydrogens is 337 g/mol. The van der Waals surface area contributed by atoms with Gasteiger partial charge in [0.15, 0.2) is 0 Å². The maximum Gasteiger partial charge on any atom is 0.329 e. The van der Waals surface area contributed by atoms with Crippen LogP contribution in [0.1, 0.15) is 13.3 Å². The topological polar surface area (TPSA) is 81.1 Å². The molecule has 0 aromatic carbocycles. The van der Waals surface area contributed by atoms with Crippen LogP contribution in [-0.4, -0.2) is 21.5 Å². The smallest absolute Gasteiger partial charge is 0.329 e. The molecule has 0 fully saturated rings. The maximum atomic E-state index is 10.9. The van der Waals surface area contributed by atoms with Gasteiger partial charge in [-0.05, 0) is 29.0 Å². The second-order valence-electron chi connectivity index (χ2n) is 3.44. The Bertz CT molecular complexity index is 567. The van der Waals surface area contributed by atoms with Crippen molar-refractivity contribution >= 4 is 39.3 Å². The second-order valence-corrected chi connectivity index (χ2v) is 4.60. The molecule has 0 atom stereocenters. The molecule has 0 saturated carbocycles. The van der Waals surface area contributed by atoms with Gasteiger partial charge in [0.1, 0.15) is 11.8 Å². The van der Waals surface area contributed by atoms with Gasteiger partial charge in [-0.15, -0.1) is 0 Å². The SMILES string of the molecule is CCCOc1c([N+](=O)[O-])cnc2[nH]cc(I)c12. The van der Waals surface area contributed by atoms with Crippen molar-refractivity contribution in [3.05, 3.63) is 26.1 Å². The van der Waals surface area contributed by atoms with E-state index in [-0.39, 0.29) is 5.69 Å². The fourth-order valence-electron chi connectivity index (χ4n) is 1.50. The van der Waals surface area contributed by atoms with Crippen LogP contribution in [0.25, 0.3) is 11.0 Å². The fraction of sp³-hybridized carbons (Fsp3) is 0.300. The van der Waals surface area contributed by atoms with Crippen LogP contribution in [0.5, 0.6) is 5.75 Å². The van der Waals surface area contributed by atoms with Crippen molar-refractivity contribution in [2.45, 2.75) is 13.3 Å². The number of aromatic nitrogens is 2. The number of pyridine rings is 1. The van der Waals surface area contributed by atoms with E-state index < -0.39 is 4.92 Å². The molecule has 2 aromatic rings. The lowest BCUT2D eigenvalue weighted by Gasteiger charge is -2.06. The highest BCUT2D eigenvalue weighted by atomic mass is 127. The molecule has 2 aromatic heterocycles. The van der Waals surface area contributed by atoms with E-state index in [2.05, 4.69) is 32.6 Å². The molecule has 2 rings (SSSR count). The highest BCUT2D eigenvalue weighted by Crippen LogP contribution is 2.36. The highest BCUT2D eigenvalue weighted by molar-refractivity contribution is 14.1. The van der Waals surface area contributed by atoms with Gasteiger partial charge < -0.3 is 9.72 Å². The maximum absolute atomic E-state index is 10.9. The number of halogens is 1. The predicted molar refractivity (Wildman–Crippen MR) is 71.3 cm³/mol. The molecule has 1 N–H and O–H groups in total. The van der Waals surface area contributed by atoms with Gasteiger partial charge in [-0.1, -0.05) is 6.92 Å². The summed E-state index contributed by atoms with van der Waals surface area (Å²) in [5, 5.41) is 11.6. The quantitative estimate of drug-likeness (QED) is 0.524. The molecule has 6 nitrogen and oxygen atoms in total. The van der Waals surface area contributed by atoms with Crippen molar-refractivity contribution in [2.24, 2.45) is 0 Å². The van der Waals surface area contributed by atoms with E-state index in [0.717, 1.165) is 9.99 Å². The van der Waals surface area contributed by atoms with E-state index in [9.17, 15) is 10.1 Å². The molecule has 0 saturated heterocycles. The molecule has 0 amide bonds. The van der Waals surface area contributed by atoms with Gasteiger partial charge in [-0.25, -0.2) is 4.98 Å². The zero-order valence-corrected chi connectivity index (χ0v) is 11.2. The lowest BCUT2D eigenvalue weighted by atomic mass is 10.3. The average Bonchev–Trinajstić information content (AvgIpc) is 2.68. The Morgan fingerprint density at radius 1 is 1.65 bits per heavy atom. The Balaban J connectivity index is 2.65. The summed E-state index contributed by atoms with van der Waals surface area (Å²) in [7, 11) is 0. The summed E-state index contributed by atoms with van der Waals surface area (Å²) in [6.07, 6.45) is 3.77. The molecule has 0 unspecified atom stereocenters. The number of aromatic amines is 1. The molecule has 0 aliphatic heterocycles. The average molecular weight is 347 g/mol. The van der Waals surface area contributed by atoms with Crippen molar-refractivity contribution in [1.29, 1.82) is 0 Å². The summed E-state index contributed by atoms with van der Waals surface area (Å²) < 4.78 is 6.35. The Morgan fingerprint density at radius 2 is 2.41 bits per heavy atom. The number of hydrogen-bond acceptors (Lipinski definition) is 4. The molecule has 0 bridgehead atoms. The normalized spacial score (nSPS) is 10.7. The molecule has 2 heterocycles. The standard InChI is InChI=1S/C10H10IN3O3/c1-2-3-17-9-7(14(15)16)5-13-10-8(9)6(11)4-12-10/h4-5H,2-3H2,1H3,(H,12,13). The fourth-order valence-corrected chi connectivity index (χ4v) is 2.16. The van der Waals surface area contributed by atoms with Crippen molar-refractivity contribution in [3.63, 3.8) is 0 Å². The monoisotopic (exact) mass is 347 g/mol. The third kappa shape index (κ3) is 2.19. The van der Waals surface area contributed by atoms with Gasteiger partial charge in [0.2, 0.25) is 5.75 Å². The molecule has 0 aliphatic carbocycles. The number of nitrogens with zero attached hydrogens (tertiary/aromatic N) is 2. The van der Waals surface area contributed by atoms with Crippen LogP contribution in [-0.2, 0) is 0 Å². The molecule has 17 heavy (non-hydrogen) atoms. The minimum absolute atomic E-state index is 0.0940. The summed E-state index contributed by atoms with van der Waals surface area (Å²) in [4.78, 5) is 17.4. The largest absolute Gasteiger partial charge is 0.486 e. The summed E-state index contributed by atoms with van der Waals surface area (Å²) >= 11 is 2.10. The Labute approximate surface area is 111 Å². The number of nitrogens with one attached hydrogen (secondary N) is 1. The summed E-state index contributed by atoms with van der Waals surface area (Å²) in [6, 6.07) is 0. The molecule has 7 heteroatoms. The van der Waals surface area contributed by atoms with Crippen LogP contribution in [0.3, 0.4) is 0 Å². The first kappa shape index (κ1) is 12.1. The summed E-state index contributed by atoms with van der Waals surface area (Å²) in [5.74, 6) is 0.299. The number of ether oxygens (including phenoxy) is 1. The minimum atomic E-state index is -0.472. The Morgan fingerprint density at radius 3 is 3.06 bits per heavy atom. The van der Waals surface area contributed by atoms with Crippen LogP contribution in [0, 0.1) is 13.7 Å².